The summed E-state index contributed by atoms with van der Waals surface area (Å²) in [6.45, 7) is 1.99. The van der Waals surface area contributed by atoms with Crippen molar-refractivity contribution in [2.24, 2.45) is 0 Å². The van der Waals surface area contributed by atoms with Crippen LogP contribution >= 0.6 is 0 Å². The lowest BCUT2D eigenvalue weighted by atomic mass is 9.95. The monoisotopic (exact) mass is 360 g/mol. The summed E-state index contributed by atoms with van der Waals surface area (Å²) < 4.78 is 5.24. The molecule has 0 unspecified atom stereocenters. The second-order valence-corrected chi connectivity index (χ2v) is 6.65. The quantitative estimate of drug-likeness (QED) is 0.787. The molecule has 2 aliphatic rings. The highest BCUT2D eigenvalue weighted by Gasteiger charge is 2.29. The van der Waals surface area contributed by atoms with Gasteiger partial charge in [-0.05, 0) is 42.2 Å². The van der Waals surface area contributed by atoms with Gasteiger partial charge in [0.2, 0.25) is 0 Å². The molecule has 0 fully saturated rings. The summed E-state index contributed by atoms with van der Waals surface area (Å²) in [5.74, 6) is 0.626. The summed E-state index contributed by atoms with van der Waals surface area (Å²) in [4.78, 5) is 21.0. The molecule has 136 valence electrons. The van der Waals surface area contributed by atoms with Gasteiger partial charge in [0.1, 0.15) is 5.75 Å². The van der Waals surface area contributed by atoms with Crippen LogP contribution in [-0.2, 0) is 6.42 Å². The van der Waals surface area contributed by atoms with E-state index in [0.717, 1.165) is 36.2 Å². The number of nitriles is 1. The zero-order chi connectivity index (χ0) is 18.8. The Bertz CT molecular complexity index is 961. The molecule has 0 aliphatic carbocycles. The van der Waals surface area contributed by atoms with E-state index in [-0.39, 0.29) is 5.91 Å². The van der Waals surface area contributed by atoms with Crippen LogP contribution in [0.1, 0.15) is 27.9 Å². The number of pyridine rings is 1. The van der Waals surface area contributed by atoms with E-state index in [1.165, 1.54) is 5.57 Å². The van der Waals surface area contributed by atoms with Gasteiger partial charge in [-0.15, -0.1) is 0 Å². The molecule has 2 aromatic rings. The van der Waals surface area contributed by atoms with E-state index in [1.54, 1.807) is 35.2 Å². The number of nitrogens with zero attached hydrogens (tertiary/aromatic N) is 4. The lowest BCUT2D eigenvalue weighted by Crippen LogP contribution is -2.28. The number of rotatable bonds is 3. The number of hydrogen-bond donors (Lipinski definition) is 0. The Morgan fingerprint density at radius 1 is 1.26 bits per heavy atom. The summed E-state index contributed by atoms with van der Waals surface area (Å²) in [5, 5.41) is 9.03. The van der Waals surface area contributed by atoms with Crippen molar-refractivity contribution < 1.29 is 9.53 Å². The predicted octanol–water partition coefficient (Wildman–Crippen LogP) is 2.86. The summed E-state index contributed by atoms with van der Waals surface area (Å²) in [6, 6.07) is 7.22. The first-order valence-corrected chi connectivity index (χ1v) is 8.98. The molecule has 0 bridgehead atoms. The van der Waals surface area contributed by atoms with Crippen LogP contribution in [0.3, 0.4) is 0 Å². The average Bonchev–Trinajstić information content (AvgIpc) is 3.17. The minimum Gasteiger partial charge on any atom is -0.497 e. The predicted molar refractivity (Wildman–Crippen MR) is 102 cm³/mol. The standard InChI is InChI=1S/C21H20N4O2/c1-27-17-4-2-3-16(11-17)21(26)25-10-7-18-19(12-23-13-20(18)25)15-5-8-24(14-22)9-6-15/h2-5,11-13H,6-10H2,1H3. The molecule has 4 rings (SSSR count). The molecule has 1 amide bonds. The molecule has 1 aromatic carbocycles. The number of amides is 1. The van der Waals surface area contributed by atoms with Crippen LogP contribution in [0, 0.1) is 11.5 Å². The SMILES string of the molecule is COc1cccc(C(=O)N2CCc3c(C4=CCN(C#N)CC4)cncc32)c1. The van der Waals surface area contributed by atoms with Crippen LogP contribution in [0.15, 0.2) is 42.7 Å². The third-order valence-electron chi connectivity index (χ3n) is 5.17. The Labute approximate surface area is 158 Å². The van der Waals surface area contributed by atoms with E-state index >= 15 is 0 Å². The van der Waals surface area contributed by atoms with Crippen LogP contribution in [0.5, 0.6) is 5.75 Å². The third kappa shape index (κ3) is 3.13. The van der Waals surface area contributed by atoms with Crippen molar-refractivity contribution in [1.82, 2.24) is 9.88 Å². The maximum atomic E-state index is 13.0. The van der Waals surface area contributed by atoms with Crippen LogP contribution in [0.25, 0.3) is 5.57 Å². The zero-order valence-electron chi connectivity index (χ0n) is 15.2. The van der Waals surface area contributed by atoms with Gasteiger partial charge in [-0.25, -0.2) is 0 Å². The maximum Gasteiger partial charge on any atom is 0.258 e. The average molecular weight is 360 g/mol. The minimum atomic E-state index is -0.0418. The summed E-state index contributed by atoms with van der Waals surface area (Å²) in [7, 11) is 1.59. The van der Waals surface area contributed by atoms with E-state index < -0.39 is 0 Å². The van der Waals surface area contributed by atoms with Crippen LogP contribution in [0.4, 0.5) is 5.69 Å². The zero-order valence-corrected chi connectivity index (χ0v) is 15.2. The van der Waals surface area contributed by atoms with Crippen molar-refractivity contribution in [3.8, 4) is 11.9 Å². The lowest BCUT2D eigenvalue weighted by molar-refractivity contribution is 0.0989. The first kappa shape index (κ1) is 17.1. The smallest absolute Gasteiger partial charge is 0.258 e. The molecule has 0 saturated carbocycles. The van der Waals surface area contributed by atoms with Crippen molar-refractivity contribution in [2.45, 2.75) is 12.8 Å². The van der Waals surface area contributed by atoms with Gasteiger partial charge in [0.15, 0.2) is 6.19 Å². The molecule has 0 N–H and O–H groups in total. The molecule has 3 heterocycles. The van der Waals surface area contributed by atoms with Crippen LogP contribution in [-0.4, -0.2) is 42.5 Å². The van der Waals surface area contributed by atoms with E-state index in [4.69, 9.17) is 10.00 Å². The number of aromatic nitrogens is 1. The molecular weight excluding hydrogens is 340 g/mol. The number of fused-ring (bicyclic) bond motifs is 1. The van der Waals surface area contributed by atoms with E-state index in [1.807, 2.05) is 18.3 Å². The Morgan fingerprint density at radius 3 is 2.89 bits per heavy atom. The van der Waals surface area contributed by atoms with Crippen molar-refractivity contribution in [3.05, 3.63) is 59.4 Å². The molecule has 1 aromatic heterocycles. The highest BCUT2D eigenvalue weighted by molar-refractivity contribution is 6.07. The second kappa shape index (κ2) is 7.12. The van der Waals surface area contributed by atoms with Crippen LogP contribution < -0.4 is 9.64 Å². The maximum absolute atomic E-state index is 13.0. The Morgan fingerprint density at radius 2 is 2.15 bits per heavy atom. The second-order valence-electron chi connectivity index (χ2n) is 6.65. The van der Waals surface area contributed by atoms with E-state index in [0.29, 0.717) is 24.4 Å². The molecular formula is C21H20N4O2. The molecule has 27 heavy (non-hydrogen) atoms. The minimum absolute atomic E-state index is 0.0418. The molecule has 0 atom stereocenters. The van der Waals surface area contributed by atoms with Gasteiger partial charge in [0.25, 0.3) is 5.91 Å². The van der Waals surface area contributed by atoms with Crippen molar-refractivity contribution in [2.75, 3.05) is 31.6 Å². The van der Waals surface area contributed by atoms with Gasteiger partial charge in [-0.2, -0.15) is 5.26 Å². The molecule has 6 nitrogen and oxygen atoms in total. The van der Waals surface area contributed by atoms with Crippen LogP contribution in [0.2, 0.25) is 0 Å². The first-order valence-electron chi connectivity index (χ1n) is 8.98. The Hall–Kier alpha value is -3.33. The van der Waals surface area contributed by atoms with Gasteiger partial charge in [-0.1, -0.05) is 12.1 Å². The molecule has 0 saturated heterocycles. The van der Waals surface area contributed by atoms with Crippen molar-refractivity contribution in [1.29, 1.82) is 5.26 Å². The number of methoxy groups -OCH3 is 1. The van der Waals surface area contributed by atoms with Gasteiger partial charge < -0.3 is 14.5 Å². The number of anilines is 1. The fourth-order valence-corrected chi connectivity index (χ4v) is 3.72. The largest absolute Gasteiger partial charge is 0.497 e. The summed E-state index contributed by atoms with van der Waals surface area (Å²) >= 11 is 0. The number of carbonyl (C=O) groups is 1. The lowest BCUT2D eigenvalue weighted by Gasteiger charge is -2.22. The normalized spacial score (nSPS) is 15.8. The van der Waals surface area contributed by atoms with E-state index in [2.05, 4.69) is 17.3 Å². The third-order valence-corrected chi connectivity index (χ3v) is 5.17. The number of benzene rings is 1. The molecule has 2 aliphatic heterocycles. The Kier molecular flexibility index (Phi) is 4.51. The van der Waals surface area contributed by atoms with Crippen molar-refractivity contribution in [3.63, 3.8) is 0 Å². The van der Waals surface area contributed by atoms with Gasteiger partial charge >= 0.3 is 0 Å². The number of hydrogen-bond acceptors (Lipinski definition) is 5. The van der Waals surface area contributed by atoms with Gasteiger partial charge in [0.05, 0.1) is 19.0 Å². The fraction of sp³-hybridized carbons (Fsp3) is 0.286. The van der Waals surface area contributed by atoms with Gasteiger partial charge in [-0.3, -0.25) is 9.78 Å². The topological polar surface area (TPSA) is 69.5 Å². The fourth-order valence-electron chi connectivity index (χ4n) is 3.72. The molecule has 0 radical (unpaired) electrons. The molecule has 6 heteroatoms. The Balaban J connectivity index is 1.64. The number of carbonyl (C=O) groups excluding carboxylic acids is 1. The molecule has 0 spiro atoms. The van der Waals surface area contributed by atoms with Gasteiger partial charge in [0, 0.05) is 37.0 Å². The summed E-state index contributed by atoms with van der Waals surface area (Å²) in [5.41, 5.74) is 4.96. The van der Waals surface area contributed by atoms with E-state index in [9.17, 15) is 4.79 Å². The summed E-state index contributed by atoms with van der Waals surface area (Å²) in [6.07, 6.45) is 9.56. The highest BCUT2D eigenvalue weighted by Crippen LogP contribution is 2.36. The van der Waals surface area contributed by atoms with Crippen molar-refractivity contribution >= 4 is 17.2 Å². The highest BCUT2D eigenvalue weighted by atomic mass is 16.5. The number of ether oxygens (including phenoxy) is 1. The first-order chi connectivity index (χ1) is 13.2.